The Balaban J connectivity index is 1.56. The van der Waals surface area contributed by atoms with E-state index < -0.39 is 0 Å². The van der Waals surface area contributed by atoms with Gasteiger partial charge in [0.2, 0.25) is 5.91 Å². The number of nitrogens with zero attached hydrogens (tertiary/aromatic N) is 2. The maximum Gasteiger partial charge on any atom is 0.236 e. The number of methoxy groups -OCH3 is 1. The fourth-order valence-electron chi connectivity index (χ4n) is 3.61. The number of thiazole rings is 1. The summed E-state index contributed by atoms with van der Waals surface area (Å²) in [4.78, 5) is 16.4. The van der Waals surface area contributed by atoms with Gasteiger partial charge in [0.25, 0.3) is 0 Å². The maximum absolute atomic E-state index is 12.3. The topological polar surface area (TPSA) is 76.4 Å². The smallest absolute Gasteiger partial charge is 0.236 e. The SMILES string of the molecule is COc1ccc(Cn2c(O)c3c(c2SCC(=O)Nc2nccs2)CCCC3)cc1. The molecule has 0 spiro atoms. The van der Waals surface area contributed by atoms with Crippen LogP contribution in [0, 0.1) is 0 Å². The number of aromatic hydroxyl groups is 1. The second kappa shape index (κ2) is 8.92. The van der Waals surface area contributed by atoms with Crippen molar-refractivity contribution in [2.75, 3.05) is 18.2 Å². The highest BCUT2D eigenvalue weighted by atomic mass is 32.2. The number of benzene rings is 1. The van der Waals surface area contributed by atoms with Crippen molar-refractivity contribution in [3.05, 3.63) is 52.5 Å². The van der Waals surface area contributed by atoms with E-state index in [2.05, 4.69) is 10.3 Å². The van der Waals surface area contributed by atoms with Crippen LogP contribution in [0.3, 0.4) is 0 Å². The predicted octanol–water partition coefficient (Wildman–Crippen LogP) is 4.32. The first-order valence-corrected chi connectivity index (χ1v) is 11.4. The molecule has 0 radical (unpaired) electrons. The fraction of sp³-hybridized carbons (Fsp3) is 0.333. The third-order valence-electron chi connectivity index (χ3n) is 5.02. The summed E-state index contributed by atoms with van der Waals surface area (Å²) in [5.41, 5.74) is 3.30. The van der Waals surface area contributed by atoms with E-state index in [4.69, 9.17) is 4.74 Å². The summed E-state index contributed by atoms with van der Waals surface area (Å²) in [6, 6.07) is 7.84. The number of amides is 1. The lowest BCUT2D eigenvalue weighted by atomic mass is 9.95. The largest absolute Gasteiger partial charge is 0.497 e. The molecular formula is C21H23N3O3S2. The van der Waals surface area contributed by atoms with E-state index in [0.29, 0.717) is 17.6 Å². The molecule has 29 heavy (non-hydrogen) atoms. The summed E-state index contributed by atoms with van der Waals surface area (Å²) in [5.74, 6) is 1.32. The average Bonchev–Trinajstić information content (AvgIpc) is 3.34. The quantitative estimate of drug-likeness (QED) is 0.547. The van der Waals surface area contributed by atoms with Gasteiger partial charge < -0.3 is 19.7 Å². The number of hydrogen-bond acceptors (Lipinski definition) is 6. The van der Waals surface area contributed by atoms with Gasteiger partial charge in [-0.3, -0.25) is 4.79 Å². The van der Waals surface area contributed by atoms with Crippen LogP contribution in [-0.4, -0.2) is 33.4 Å². The van der Waals surface area contributed by atoms with Crippen molar-refractivity contribution in [1.29, 1.82) is 0 Å². The molecule has 0 aliphatic heterocycles. The van der Waals surface area contributed by atoms with Gasteiger partial charge in [-0.05, 0) is 48.9 Å². The molecule has 4 rings (SSSR count). The highest BCUT2D eigenvalue weighted by molar-refractivity contribution is 8.00. The Hall–Kier alpha value is -2.45. The summed E-state index contributed by atoms with van der Waals surface area (Å²) < 4.78 is 7.18. The van der Waals surface area contributed by atoms with Gasteiger partial charge >= 0.3 is 0 Å². The molecule has 0 saturated heterocycles. The van der Waals surface area contributed by atoms with Crippen LogP contribution in [0.5, 0.6) is 11.6 Å². The minimum absolute atomic E-state index is 0.0915. The number of aromatic nitrogens is 2. The second-order valence-electron chi connectivity index (χ2n) is 6.90. The Morgan fingerprint density at radius 2 is 2.03 bits per heavy atom. The zero-order valence-electron chi connectivity index (χ0n) is 16.2. The van der Waals surface area contributed by atoms with E-state index in [1.54, 1.807) is 13.3 Å². The third-order valence-corrected chi connectivity index (χ3v) is 6.85. The number of fused-ring (bicyclic) bond motifs is 1. The highest BCUT2D eigenvalue weighted by Crippen LogP contribution is 2.40. The van der Waals surface area contributed by atoms with Crippen LogP contribution in [0.2, 0.25) is 0 Å². The maximum atomic E-state index is 12.3. The molecule has 2 heterocycles. The first kappa shape index (κ1) is 19.8. The molecule has 3 aromatic rings. The minimum Gasteiger partial charge on any atom is -0.497 e. The molecule has 0 unspecified atom stereocenters. The van der Waals surface area contributed by atoms with Crippen molar-refractivity contribution in [3.8, 4) is 11.6 Å². The molecule has 152 valence electrons. The molecule has 1 aromatic carbocycles. The van der Waals surface area contributed by atoms with Crippen LogP contribution in [0.1, 0.15) is 29.5 Å². The number of carbonyl (C=O) groups is 1. The Morgan fingerprint density at radius 3 is 2.72 bits per heavy atom. The standard InChI is InChI=1S/C21H23N3O3S2/c1-27-15-8-6-14(7-9-15)12-24-19(26)16-4-2-3-5-17(16)20(24)29-13-18(25)23-21-22-10-11-28-21/h6-11,26H,2-5,12-13H2,1H3,(H,22,23,25). The van der Waals surface area contributed by atoms with Crippen molar-refractivity contribution in [2.45, 2.75) is 37.3 Å². The lowest BCUT2D eigenvalue weighted by Crippen LogP contribution is -2.14. The summed E-state index contributed by atoms with van der Waals surface area (Å²) in [6.45, 7) is 0.555. The van der Waals surface area contributed by atoms with Crippen LogP contribution in [0.4, 0.5) is 5.13 Å². The molecule has 0 fully saturated rings. The molecule has 6 nitrogen and oxygen atoms in total. The normalized spacial score (nSPS) is 13.1. The molecule has 2 N–H and O–H groups in total. The van der Waals surface area contributed by atoms with Gasteiger partial charge in [-0.15, -0.1) is 11.3 Å². The molecule has 2 aromatic heterocycles. The van der Waals surface area contributed by atoms with Gasteiger partial charge in [0.05, 0.1) is 24.4 Å². The van der Waals surface area contributed by atoms with Crippen molar-refractivity contribution >= 4 is 34.1 Å². The zero-order chi connectivity index (χ0) is 20.2. The molecule has 0 bridgehead atoms. The monoisotopic (exact) mass is 429 g/mol. The van der Waals surface area contributed by atoms with Crippen molar-refractivity contribution in [1.82, 2.24) is 9.55 Å². The number of hydrogen-bond donors (Lipinski definition) is 2. The summed E-state index contributed by atoms with van der Waals surface area (Å²) in [5, 5.41) is 17.2. The van der Waals surface area contributed by atoms with Crippen LogP contribution < -0.4 is 10.1 Å². The van der Waals surface area contributed by atoms with Crippen LogP contribution in [0.25, 0.3) is 0 Å². The molecule has 1 aliphatic carbocycles. The molecule has 8 heteroatoms. The molecular weight excluding hydrogens is 406 g/mol. The summed E-state index contributed by atoms with van der Waals surface area (Å²) in [6.07, 6.45) is 5.69. The number of thioether (sulfide) groups is 1. The van der Waals surface area contributed by atoms with Crippen LogP contribution in [-0.2, 0) is 24.2 Å². The predicted molar refractivity (Wildman–Crippen MR) is 116 cm³/mol. The Morgan fingerprint density at radius 1 is 1.28 bits per heavy atom. The number of carbonyl (C=O) groups excluding carboxylic acids is 1. The number of ether oxygens (including phenoxy) is 1. The molecule has 0 saturated carbocycles. The number of rotatable bonds is 7. The van der Waals surface area contributed by atoms with E-state index in [1.165, 1.54) is 28.7 Å². The van der Waals surface area contributed by atoms with Gasteiger partial charge in [0.15, 0.2) is 11.0 Å². The Labute approximate surface area is 177 Å². The number of nitrogens with one attached hydrogen (secondary N) is 1. The average molecular weight is 430 g/mol. The van der Waals surface area contributed by atoms with Crippen molar-refractivity contribution < 1.29 is 14.6 Å². The number of anilines is 1. The fourth-order valence-corrected chi connectivity index (χ4v) is 5.20. The van der Waals surface area contributed by atoms with E-state index in [1.807, 2.05) is 34.2 Å². The van der Waals surface area contributed by atoms with Crippen LogP contribution >= 0.6 is 23.1 Å². The first-order chi connectivity index (χ1) is 14.2. The molecule has 1 aliphatic rings. The Kier molecular flexibility index (Phi) is 6.10. The highest BCUT2D eigenvalue weighted by Gasteiger charge is 2.25. The Bertz CT molecular complexity index is 982. The van der Waals surface area contributed by atoms with Gasteiger partial charge in [0, 0.05) is 17.1 Å². The van der Waals surface area contributed by atoms with Gasteiger partial charge in [-0.1, -0.05) is 23.9 Å². The lowest BCUT2D eigenvalue weighted by molar-refractivity contribution is -0.113. The summed E-state index contributed by atoms with van der Waals surface area (Å²) >= 11 is 2.88. The van der Waals surface area contributed by atoms with E-state index >= 15 is 0 Å². The zero-order valence-corrected chi connectivity index (χ0v) is 17.8. The van der Waals surface area contributed by atoms with Crippen molar-refractivity contribution in [2.24, 2.45) is 0 Å². The van der Waals surface area contributed by atoms with E-state index in [-0.39, 0.29) is 11.7 Å². The minimum atomic E-state index is -0.0915. The first-order valence-electron chi connectivity index (χ1n) is 9.54. The summed E-state index contributed by atoms with van der Waals surface area (Å²) in [7, 11) is 1.65. The van der Waals surface area contributed by atoms with E-state index in [9.17, 15) is 9.90 Å². The van der Waals surface area contributed by atoms with E-state index in [0.717, 1.165) is 47.6 Å². The van der Waals surface area contributed by atoms with Crippen LogP contribution in [0.15, 0.2) is 40.9 Å². The lowest BCUT2D eigenvalue weighted by Gasteiger charge is -2.13. The van der Waals surface area contributed by atoms with Gasteiger partial charge in [0.1, 0.15) is 5.75 Å². The van der Waals surface area contributed by atoms with Gasteiger partial charge in [-0.2, -0.15) is 0 Å². The molecule has 1 amide bonds. The van der Waals surface area contributed by atoms with Gasteiger partial charge in [-0.25, -0.2) is 4.98 Å². The second-order valence-corrected chi connectivity index (χ2v) is 8.76. The molecule has 0 atom stereocenters. The third kappa shape index (κ3) is 4.43. The van der Waals surface area contributed by atoms with Crippen molar-refractivity contribution in [3.63, 3.8) is 0 Å².